The van der Waals surface area contributed by atoms with Crippen molar-refractivity contribution >= 4 is 23.3 Å². The standard InChI is InChI=1S/C15H13FN2O5/c16-10-4-3-9(6-11(10)18(22)23)17-14(19)12-7-1-2-8(5-7)13(12)15(20)21/h1-4,6-8,12-13H,5H2,(H,17,19)(H,20,21)/p-1/t7-,8-,12-,13-/m0/s1. The molecule has 2 aliphatic carbocycles. The molecule has 0 heterocycles. The zero-order valence-corrected chi connectivity index (χ0v) is 11.8. The van der Waals surface area contributed by atoms with Crippen LogP contribution in [0.15, 0.2) is 30.4 Å². The second kappa shape index (κ2) is 5.45. The Morgan fingerprint density at radius 2 is 1.87 bits per heavy atom. The summed E-state index contributed by atoms with van der Waals surface area (Å²) < 4.78 is 13.3. The van der Waals surface area contributed by atoms with Gasteiger partial charge in [-0.1, -0.05) is 12.2 Å². The van der Waals surface area contributed by atoms with Crippen molar-refractivity contribution in [2.45, 2.75) is 6.42 Å². The Labute approximate surface area is 130 Å². The van der Waals surface area contributed by atoms with E-state index in [0.29, 0.717) is 6.42 Å². The Kier molecular flexibility index (Phi) is 3.59. The Balaban J connectivity index is 1.82. The predicted octanol–water partition coefficient (Wildman–Crippen LogP) is 0.861. The molecule has 1 N–H and O–H groups in total. The minimum atomic E-state index is -1.29. The fraction of sp³-hybridized carbons (Fsp3) is 0.333. The lowest BCUT2D eigenvalue weighted by Crippen LogP contribution is -2.42. The van der Waals surface area contributed by atoms with Gasteiger partial charge in [0.15, 0.2) is 0 Å². The van der Waals surface area contributed by atoms with Gasteiger partial charge in [-0.3, -0.25) is 14.9 Å². The number of rotatable bonds is 4. The number of anilines is 1. The molecule has 0 aromatic heterocycles. The molecule has 1 aromatic carbocycles. The van der Waals surface area contributed by atoms with E-state index in [0.717, 1.165) is 12.1 Å². The Morgan fingerprint density at radius 1 is 1.22 bits per heavy atom. The first kappa shape index (κ1) is 15.1. The van der Waals surface area contributed by atoms with Crippen LogP contribution >= 0.6 is 0 Å². The summed E-state index contributed by atoms with van der Waals surface area (Å²) in [6.45, 7) is 0. The number of aliphatic carboxylic acids is 1. The highest BCUT2D eigenvalue weighted by molar-refractivity contribution is 5.96. The molecule has 1 amide bonds. The number of nitrogens with one attached hydrogen (secondary N) is 1. The number of amides is 1. The van der Waals surface area contributed by atoms with Crippen LogP contribution in [0.3, 0.4) is 0 Å². The first-order chi connectivity index (χ1) is 10.9. The van der Waals surface area contributed by atoms with Gasteiger partial charge in [-0.15, -0.1) is 0 Å². The second-order valence-electron chi connectivity index (χ2n) is 5.73. The highest BCUT2D eigenvalue weighted by Gasteiger charge is 2.48. The number of nitro groups is 1. The molecule has 0 saturated heterocycles. The Hall–Kier alpha value is -2.77. The summed E-state index contributed by atoms with van der Waals surface area (Å²) in [6.07, 6.45) is 4.15. The molecule has 1 aromatic rings. The van der Waals surface area contributed by atoms with Gasteiger partial charge in [-0.25, -0.2) is 0 Å². The third-order valence-electron chi connectivity index (χ3n) is 4.44. The van der Waals surface area contributed by atoms with Gasteiger partial charge in [0.1, 0.15) is 0 Å². The summed E-state index contributed by atoms with van der Waals surface area (Å²) in [6, 6.07) is 2.98. The van der Waals surface area contributed by atoms with Crippen molar-refractivity contribution < 1.29 is 24.0 Å². The molecule has 1 saturated carbocycles. The Morgan fingerprint density at radius 3 is 2.48 bits per heavy atom. The lowest BCUT2D eigenvalue weighted by Gasteiger charge is -2.27. The summed E-state index contributed by atoms with van der Waals surface area (Å²) in [5.41, 5.74) is -0.709. The highest BCUT2D eigenvalue weighted by atomic mass is 19.1. The number of hydrogen-bond donors (Lipinski definition) is 1. The SMILES string of the molecule is O=C([O-])[C@@H]1[C@@H](C(=O)Nc2ccc(F)c([N+](=O)[O-])c2)[C@H]2C=C[C@H]1C2. The lowest BCUT2D eigenvalue weighted by molar-refractivity contribution is -0.387. The van der Waals surface area contributed by atoms with Crippen LogP contribution in [0, 0.1) is 39.6 Å². The van der Waals surface area contributed by atoms with Crippen molar-refractivity contribution in [3.8, 4) is 0 Å². The number of carbonyl (C=O) groups excluding carboxylic acids is 2. The van der Waals surface area contributed by atoms with Crippen LogP contribution in [-0.4, -0.2) is 16.8 Å². The molecule has 2 aliphatic rings. The van der Waals surface area contributed by atoms with Crippen molar-refractivity contribution in [3.63, 3.8) is 0 Å². The molecule has 0 radical (unpaired) electrons. The molecule has 3 rings (SSSR count). The van der Waals surface area contributed by atoms with Crippen LogP contribution in [-0.2, 0) is 9.59 Å². The van der Waals surface area contributed by atoms with E-state index in [1.807, 2.05) is 6.08 Å². The highest BCUT2D eigenvalue weighted by Crippen LogP contribution is 2.48. The molecule has 1 fully saturated rings. The molecule has 2 bridgehead atoms. The summed E-state index contributed by atoms with van der Waals surface area (Å²) in [7, 11) is 0. The first-order valence-corrected chi connectivity index (χ1v) is 7.02. The summed E-state index contributed by atoms with van der Waals surface area (Å²) >= 11 is 0. The van der Waals surface area contributed by atoms with E-state index in [9.17, 15) is 29.2 Å². The fourth-order valence-electron chi connectivity index (χ4n) is 3.46. The van der Waals surface area contributed by atoms with Crippen LogP contribution < -0.4 is 10.4 Å². The molecule has 0 spiro atoms. The van der Waals surface area contributed by atoms with E-state index >= 15 is 0 Å². The minimum absolute atomic E-state index is 0.0481. The molecule has 0 aliphatic heterocycles. The van der Waals surface area contributed by atoms with Crippen LogP contribution in [0.5, 0.6) is 0 Å². The zero-order valence-electron chi connectivity index (χ0n) is 11.8. The average molecular weight is 319 g/mol. The van der Waals surface area contributed by atoms with E-state index in [4.69, 9.17) is 0 Å². The topological polar surface area (TPSA) is 112 Å². The zero-order chi connectivity index (χ0) is 16.7. The van der Waals surface area contributed by atoms with Gasteiger partial charge < -0.3 is 15.2 Å². The maximum atomic E-state index is 13.3. The maximum Gasteiger partial charge on any atom is 0.306 e. The van der Waals surface area contributed by atoms with Crippen LogP contribution in [0.2, 0.25) is 0 Å². The molecule has 4 atom stereocenters. The largest absolute Gasteiger partial charge is 0.550 e. The number of carboxylic acids is 1. The van der Waals surface area contributed by atoms with E-state index in [-0.39, 0.29) is 17.5 Å². The summed E-state index contributed by atoms with van der Waals surface area (Å²) in [5.74, 6) is -4.99. The number of carbonyl (C=O) groups is 2. The van der Waals surface area contributed by atoms with E-state index in [2.05, 4.69) is 5.32 Å². The second-order valence-corrected chi connectivity index (χ2v) is 5.73. The van der Waals surface area contributed by atoms with E-state index < -0.39 is 40.1 Å². The van der Waals surface area contributed by atoms with Crippen LogP contribution in [0.1, 0.15) is 6.42 Å². The summed E-state index contributed by atoms with van der Waals surface area (Å²) in [5, 5.41) is 24.4. The number of carboxylic acid groups (broad SMARTS) is 1. The normalized spacial score (nSPS) is 27.9. The number of nitro benzene ring substituents is 1. The third-order valence-corrected chi connectivity index (χ3v) is 4.44. The van der Waals surface area contributed by atoms with Gasteiger partial charge in [0, 0.05) is 23.6 Å². The molecule has 120 valence electrons. The number of allylic oxidation sites excluding steroid dienone is 2. The number of hydrogen-bond acceptors (Lipinski definition) is 5. The average Bonchev–Trinajstić information content (AvgIpc) is 3.09. The van der Waals surface area contributed by atoms with Crippen molar-refractivity contribution in [1.29, 1.82) is 0 Å². The number of benzene rings is 1. The van der Waals surface area contributed by atoms with Gasteiger partial charge in [0.2, 0.25) is 11.7 Å². The fourth-order valence-corrected chi connectivity index (χ4v) is 3.46. The monoisotopic (exact) mass is 319 g/mol. The van der Waals surface area contributed by atoms with Gasteiger partial charge >= 0.3 is 5.69 Å². The number of halogens is 1. The maximum absolute atomic E-state index is 13.3. The van der Waals surface area contributed by atoms with Crippen molar-refractivity contribution in [2.24, 2.45) is 23.7 Å². The smallest absolute Gasteiger partial charge is 0.306 e. The molecule has 0 unspecified atom stereocenters. The lowest BCUT2D eigenvalue weighted by atomic mass is 9.82. The van der Waals surface area contributed by atoms with Crippen LogP contribution in [0.4, 0.5) is 15.8 Å². The van der Waals surface area contributed by atoms with Crippen molar-refractivity contribution in [1.82, 2.24) is 0 Å². The summed E-state index contributed by atoms with van der Waals surface area (Å²) in [4.78, 5) is 33.5. The van der Waals surface area contributed by atoms with Crippen molar-refractivity contribution in [2.75, 3.05) is 5.32 Å². The van der Waals surface area contributed by atoms with E-state index in [1.54, 1.807) is 6.08 Å². The van der Waals surface area contributed by atoms with Crippen LogP contribution in [0.25, 0.3) is 0 Å². The number of nitrogens with zero attached hydrogens (tertiary/aromatic N) is 1. The van der Waals surface area contributed by atoms with Gasteiger partial charge in [-0.05, 0) is 30.4 Å². The third kappa shape index (κ3) is 2.56. The van der Waals surface area contributed by atoms with Gasteiger partial charge in [0.25, 0.3) is 0 Å². The number of fused-ring (bicyclic) bond motifs is 2. The quantitative estimate of drug-likeness (QED) is 0.502. The van der Waals surface area contributed by atoms with E-state index in [1.165, 1.54) is 6.07 Å². The first-order valence-electron chi connectivity index (χ1n) is 7.02. The molecular formula is C15H12FN2O5-. The van der Waals surface area contributed by atoms with Gasteiger partial charge in [-0.2, -0.15) is 4.39 Å². The predicted molar refractivity (Wildman–Crippen MR) is 74.4 cm³/mol. The van der Waals surface area contributed by atoms with Crippen molar-refractivity contribution in [3.05, 3.63) is 46.3 Å². The Bertz CT molecular complexity index is 733. The minimum Gasteiger partial charge on any atom is -0.550 e. The van der Waals surface area contributed by atoms with Gasteiger partial charge in [0.05, 0.1) is 10.8 Å². The molecule has 7 nitrogen and oxygen atoms in total. The molecule has 23 heavy (non-hydrogen) atoms. The molecule has 8 heteroatoms. The molecular weight excluding hydrogens is 307 g/mol.